The van der Waals surface area contributed by atoms with Gasteiger partial charge in [0.15, 0.2) is 0 Å². The second-order valence-corrected chi connectivity index (χ2v) is 8.71. The minimum atomic E-state index is -3.53. The second kappa shape index (κ2) is 8.23. The first-order valence-electron chi connectivity index (χ1n) is 9.14. The van der Waals surface area contributed by atoms with Gasteiger partial charge in [-0.25, -0.2) is 13.1 Å². The SMILES string of the molecule is COC(=O)CCCc1ccc2c(c1)CC(NS(=O)(=O)c1ccccc1C)C2. The van der Waals surface area contributed by atoms with E-state index in [0.29, 0.717) is 24.2 Å². The van der Waals surface area contributed by atoms with Crippen molar-refractivity contribution >= 4 is 16.0 Å². The average molecular weight is 388 g/mol. The fourth-order valence-corrected chi connectivity index (χ4v) is 5.07. The lowest BCUT2D eigenvalue weighted by atomic mass is 10.0. The number of ether oxygens (including phenoxy) is 1. The predicted octanol–water partition coefficient (Wildman–Crippen LogP) is 2.94. The smallest absolute Gasteiger partial charge is 0.305 e. The van der Waals surface area contributed by atoms with Gasteiger partial charge in [-0.15, -0.1) is 0 Å². The summed E-state index contributed by atoms with van der Waals surface area (Å²) < 4.78 is 32.9. The topological polar surface area (TPSA) is 72.5 Å². The van der Waals surface area contributed by atoms with Crippen LogP contribution in [0.3, 0.4) is 0 Å². The van der Waals surface area contributed by atoms with Crippen LogP contribution in [0, 0.1) is 6.92 Å². The van der Waals surface area contributed by atoms with Crippen LogP contribution >= 0.6 is 0 Å². The molecular weight excluding hydrogens is 362 g/mol. The molecule has 1 atom stereocenters. The Morgan fingerprint density at radius 1 is 1.15 bits per heavy atom. The van der Waals surface area contributed by atoms with E-state index in [1.165, 1.54) is 23.8 Å². The molecule has 5 nitrogen and oxygen atoms in total. The molecule has 3 rings (SSSR count). The van der Waals surface area contributed by atoms with Crippen molar-refractivity contribution in [2.45, 2.75) is 50.0 Å². The van der Waals surface area contributed by atoms with Crippen LogP contribution in [0.15, 0.2) is 47.4 Å². The van der Waals surface area contributed by atoms with E-state index in [1.807, 2.05) is 6.07 Å². The van der Waals surface area contributed by atoms with Crippen molar-refractivity contribution in [2.24, 2.45) is 0 Å². The normalized spacial score (nSPS) is 16.1. The first kappa shape index (κ1) is 19.6. The lowest BCUT2D eigenvalue weighted by Gasteiger charge is -2.14. The summed E-state index contributed by atoms with van der Waals surface area (Å²) in [4.78, 5) is 11.6. The zero-order chi connectivity index (χ0) is 19.4. The van der Waals surface area contributed by atoms with E-state index in [4.69, 9.17) is 0 Å². The summed E-state index contributed by atoms with van der Waals surface area (Å²) in [5, 5.41) is 0. The molecule has 2 aromatic rings. The Bertz CT molecular complexity index is 937. The zero-order valence-electron chi connectivity index (χ0n) is 15.7. The lowest BCUT2D eigenvalue weighted by Crippen LogP contribution is -2.35. The Balaban J connectivity index is 1.64. The molecule has 0 spiro atoms. The number of hydrogen-bond acceptors (Lipinski definition) is 4. The lowest BCUT2D eigenvalue weighted by molar-refractivity contribution is -0.140. The van der Waals surface area contributed by atoms with Gasteiger partial charge in [-0.3, -0.25) is 4.79 Å². The van der Waals surface area contributed by atoms with E-state index >= 15 is 0 Å². The van der Waals surface area contributed by atoms with Gasteiger partial charge < -0.3 is 4.74 Å². The highest BCUT2D eigenvalue weighted by molar-refractivity contribution is 7.89. The van der Waals surface area contributed by atoms with Crippen molar-refractivity contribution in [3.63, 3.8) is 0 Å². The van der Waals surface area contributed by atoms with E-state index in [-0.39, 0.29) is 12.0 Å². The standard InChI is InChI=1S/C21H25NO4S/c1-15-6-3-4-8-20(15)27(24,25)22-19-13-17-11-10-16(12-18(17)14-19)7-5-9-21(23)26-2/h3-4,6,8,10-12,19,22H,5,7,9,13-14H2,1-2H3. The van der Waals surface area contributed by atoms with Crippen molar-refractivity contribution in [1.29, 1.82) is 0 Å². The molecule has 0 aliphatic heterocycles. The van der Waals surface area contributed by atoms with Crippen molar-refractivity contribution in [3.05, 3.63) is 64.7 Å². The van der Waals surface area contributed by atoms with Gasteiger partial charge in [0, 0.05) is 12.5 Å². The molecule has 0 aromatic heterocycles. The molecule has 1 N–H and O–H groups in total. The van der Waals surface area contributed by atoms with Crippen LogP contribution < -0.4 is 4.72 Å². The number of aryl methyl sites for hydroxylation is 2. The Kier molecular flexibility index (Phi) is 5.97. The highest BCUT2D eigenvalue weighted by Crippen LogP contribution is 2.26. The van der Waals surface area contributed by atoms with E-state index in [2.05, 4.69) is 27.7 Å². The summed E-state index contributed by atoms with van der Waals surface area (Å²) >= 11 is 0. The molecule has 1 unspecified atom stereocenters. The molecule has 1 aliphatic rings. The molecule has 2 aromatic carbocycles. The number of sulfonamides is 1. The first-order valence-corrected chi connectivity index (χ1v) is 10.6. The van der Waals surface area contributed by atoms with Gasteiger partial charge in [-0.2, -0.15) is 0 Å². The number of benzene rings is 2. The Hall–Kier alpha value is -2.18. The largest absolute Gasteiger partial charge is 0.469 e. The Labute approximate surface area is 160 Å². The Morgan fingerprint density at radius 2 is 1.89 bits per heavy atom. The van der Waals surface area contributed by atoms with Crippen LogP contribution in [-0.4, -0.2) is 27.5 Å². The Morgan fingerprint density at radius 3 is 2.63 bits per heavy atom. The number of fused-ring (bicyclic) bond motifs is 1. The highest BCUT2D eigenvalue weighted by atomic mass is 32.2. The van der Waals surface area contributed by atoms with Crippen molar-refractivity contribution in [2.75, 3.05) is 7.11 Å². The van der Waals surface area contributed by atoms with E-state index in [9.17, 15) is 13.2 Å². The number of hydrogen-bond donors (Lipinski definition) is 1. The van der Waals surface area contributed by atoms with E-state index in [1.54, 1.807) is 25.1 Å². The third-order valence-corrected chi connectivity index (χ3v) is 6.66. The van der Waals surface area contributed by atoms with Crippen LogP contribution in [-0.2, 0) is 38.8 Å². The van der Waals surface area contributed by atoms with Crippen molar-refractivity contribution < 1.29 is 17.9 Å². The fraction of sp³-hybridized carbons (Fsp3) is 0.381. The summed E-state index contributed by atoms with van der Waals surface area (Å²) in [6, 6.07) is 13.2. The molecule has 1 aliphatic carbocycles. The molecule has 144 valence electrons. The first-order chi connectivity index (χ1) is 12.9. The molecule has 0 heterocycles. The number of carbonyl (C=O) groups is 1. The number of methoxy groups -OCH3 is 1. The van der Waals surface area contributed by atoms with Gasteiger partial charge in [-0.05, 0) is 60.9 Å². The van der Waals surface area contributed by atoms with Crippen LogP contribution in [0.2, 0.25) is 0 Å². The maximum Gasteiger partial charge on any atom is 0.305 e. The molecule has 27 heavy (non-hydrogen) atoms. The number of rotatable bonds is 7. The van der Waals surface area contributed by atoms with Gasteiger partial charge in [0.05, 0.1) is 12.0 Å². The van der Waals surface area contributed by atoms with E-state index < -0.39 is 10.0 Å². The third-order valence-electron chi connectivity index (χ3n) is 4.98. The average Bonchev–Trinajstić information content (AvgIpc) is 3.02. The minimum absolute atomic E-state index is 0.130. The van der Waals surface area contributed by atoms with Gasteiger partial charge in [0.1, 0.15) is 0 Å². The highest BCUT2D eigenvalue weighted by Gasteiger charge is 2.27. The van der Waals surface area contributed by atoms with Gasteiger partial charge in [0.2, 0.25) is 10.0 Å². The van der Waals surface area contributed by atoms with Gasteiger partial charge in [0.25, 0.3) is 0 Å². The fourth-order valence-electron chi connectivity index (χ4n) is 3.59. The van der Waals surface area contributed by atoms with Crippen LogP contribution in [0.5, 0.6) is 0 Å². The van der Waals surface area contributed by atoms with Gasteiger partial charge >= 0.3 is 5.97 Å². The van der Waals surface area contributed by atoms with Crippen molar-refractivity contribution in [3.8, 4) is 0 Å². The molecule has 0 saturated heterocycles. The van der Waals surface area contributed by atoms with Crippen LogP contribution in [0.25, 0.3) is 0 Å². The molecule has 0 saturated carbocycles. The van der Waals surface area contributed by atoms with Crippen LogP contribution in [0.4, 0.5) is 0 Å². The number of esters is 1. The third kappa shape index (κ3) is 4.76. The quantitative estimate of drug-likeness (QED) is 0.742. The summed E-state index contributed by atoms with van der Waals surface area (Å²) in [6.45, 7) is 1.80. The van der Waals surface area contributed by atoms with Crippen molar-refractivity contribution in [1.82, 2.24) is 4.72 Å². The summed E-state index contributed by atoms with van der Waals surface area (Å²) in [5.41, 5.74) is 4.28. The molecule has 0 fully saturated rings. The summed E-state index contributed by atoms with van der Waals surface area (Å²) in [5.74, 6) is -0.193. The summed E-state index contributed by atoms with van der Waals surface area (Å²) in [7, 11) is -2.13. The van der Waals surface area contributed by atoms with Crippen LogP contribution in [0.1, 0.15) is 35.1 Å². The number of nitrogens with one attached hydrogen (secondary N) is 1. The number of carbonyl (C=O) groups excluding carboxylic acids is 1. The summed E-state index contributed by atoms with van der Waals surface area (Å²) in [6.07, 6.45) is 3.34. The molecular formula is C21H25NO4S. The molecule has 0 amide bonds. The zero-order valence-corrected chi connectivity index (χ0v) is 16.5. The van der Waals surface area contributed by atoms with E-state index in [0.717, 1.165) is 18.4 Å². The van der Waals surface area contributed by atoms with Gasteiger partial charge in [-0.1, -0.05) is 36.4 Å². The molecule has 6 heteroatoms. The maximum absolute atomic E-state index is 12.7. The monoisotopic (exact) mass is 387 g/mol. The predicted molar refractivity (Wildman–Crippen MR) is 104 cm³/mol. The molecule has 0 radical (unpaired) electrons. The maximum atomic E-state index is 12.7. The minimum Gasteiger partial charge on any atom is -0.469 e. The molecule has 0 bridgehead atoms. The second-order valence-electron chi connectivity index (χ2n) is 7.02.